The number of nitrogens with zero attached hydrogens (tertiary/aromatic N) is 4. The van der Waals surface area contributed by atoms with Crippen LogP contribution in [0.5, 0.6) is 0 Å². The van der Waals surface area contributed by atoms with Crippen LogP contribution < -0.4 is 5.32 Å². The summed E-state index contributed by atoms with van der Waals surface area (Å²) in [7, 11) is 1.38. The standard InChI is InChI=1S/C19H17N5O2S2/c1-10-14-16(21-11(2)22-18(14)28-15(10)19(25)26-3)20-9-13-23-24-17(27-13)12-7-5-4-6-8-12/h4-8H,9H2,1-3H3,(H,20,21,22). The van der Waals surface area contributed by atoms with E-state index in [1.54, 1.807) is 0 Å². The van der Waals surface area contributed by atoms with Crippen LogP contribution in [0.4, 0.5) is 5.82 Å². The van der Waals surface area contributed by atoms with Crippen molar-refractivity contribution in [2.24, 2.45) is 0 Å². The summed E-state index contributed by atoms with van der Waals surface area (Å²) in [6.07, 6.45) is 0. The van der Waals surface area contributed by atoms with Crippen LogP contribution in [-0.2, 0) is 11.3 Å². The van der Waals surface area contributed by atoms with Gasteiger partial charge in [0, 0.05) is 5.56 Å². The maximum absolute atomic E-state index is 12.0. The zero-order chi connectivity index (χ0) is 19.7. The summed E-state index contributed by atoms with van der Waals surface area (Å²) >= 11 is 2.85. The maximum Gasteiger partial charge on any atom is 0.348 e. The van der Waals surface area contributed by atoms with Gasteiger partial charge in [0.2, 0.25) is 0 Å². The molecule has 0 amide bonds. The van der Waals surface area contributed by atoms with Gasteiger partial charge in [-0.25, -0.2) is 14.8 Å². The quantitative estimate of drug-likeness (QED) is 0.492. The van der Waals surface area contributed by atoms with E-state index in [1.807, 2.05) is 44.2 Å². The zero-order valence-electron chi connectivity index (χ0n) is 15.5. The van der Waals surface area contributed by atoms with Crippen LogP contribution in [0, 0.1) is 13.8 Å². The molecule has 1 N–H and O–H groups in total. The molecule has 0 radical (unpaired) electrons. The normalized spacial score (nSPS) is 11.0. The number of thiophene rings is 1. The first-order valence-corrected chi connectivity index (χ1v) is 10.2. The van der Waals surface area contributed by atoms with Gasteiger partial charge in [-0.3, -0.25) is 0 Å². The number of aromatic nitrogens is 4. The van der Waals surface area contributed by atoms with Crippen molar-refractivity contribution in [3.05, 3.63) is 51.6 Å². The van der Waals surface area contributed by atoms with Crippen molar-refractivity contribution in [2.45, 2.75) is 20.4 Å². The van der Waals surface area contributed by atoms with Crippen molar-refractivity contribution in [1.82, 2.24) is 20.2 Å². The Bertz CT molecular complexity index is 1150. The molecule has 0 spiro atoms. The topological polar surface area (TPSA) is 89.9 Å². The lowest BCUT2D eigenvalue weighted by atomic mass is 10.2. The van der Waals surface area contributed by atoms with Gasteiger partial charge in [-0.15, -0.1) is 21.5 Å². The van der Waals surface area contributed by atoms with Gasteiger partial charge in [0.25, 0.3) is 0 Å². The summed E-state index contributed by atoms with van der Waals surface area (Å²) in [6, 6.07) is 9.96. The molecule has 0 aliphatic heterocycles. The molecule has 4 aromatic rings. The highest BCUT2D eigenvalue weighted by molar-refractivity contribution is 7.20. The van der Waals surface area contributed by atoms with Gasteiger partial charge in [0.1, 0.15) is 31.4 Å². The second-order valence-electron chi connectivity index (χ2n) is 6.07. The summed E-state index contributed by atoms with van der Waals surface area (Å²) in [5.74, 6) is 0.957. The van der Waals surface area contributed by atoms with Gasteiger partial charge in [-0.2, -0.15) is 0 Å². The summed E-state index contributed by atoms with van der Waals surface area (Å²) in [5, 5.41) is 14.4. The second kappa shape index (κ2) is 7.61. The highest BCUT2D eigenvalue weighted by Crippen LogP contribution is 2.34. The Hall–Kier alpha value is -2.91. The molecule has 9 heteroatoms. The minimum absolute atomic E-state index is 0.360. The largest absolute Gasteiger partial charge is 0.465 e. The molecule has 1 aromatic carbocycles. The van der Waals surface area contributed by atoms with Gasteiger partial charge in [-0.05, 0) is 19.4 Å². The van der Waals surface area contributed by atoms with Crippen molar-refractivity contribution >= 4 is 44.7 Å². The van der Waals surface area contributed by atoms with Crippen LogP contribution in [0.15, 0.2) is 30.3 Å². The average molecular weight is 412 g/mol. The molecule has 0 fully saturated rings. The van der Waals surface area contributed by atoms with E-state index < -0.39 is 0 Å². The third-order valence-electron chi connectivity index (χ3n) is 4.17. The Labute approximate surface area is 169 Å². The lowest BCUT2D eigenvalue weighted by Gasteiger charge is -2.06. The monoisotopic (exact) mass is 411 g/mol. The predicted molar refractivity (Wildman–Crippen MR) is 111 cm³/mol. The van der Waals surface area contributed by atoms with Crippen molar-refractivity contribution in [2.75, 3.05) is 12.4 Å². The summed E-state index contributed by atoms with van der Waals surface area (Å²) < 4.78 is 4.88. The lowest BCUT2D eigenvalue weighted by Crippen LogP contribution is -2.04. The molecule has 3 heterocycles. The highest BCUT2D eigenvalue weighted by atomic mass is 32.1. The number of hydrogen-bond donors (Lipinski definition) is 1. The minimum Gasteiger partial charge on any atom is -0.465 e. The molecular weight excluding hydrogens is 394 g/mol. The number of anilines is 1. The molecule has 0 aliphatic rings. The third-order valence-corrected chi connectivity index (χ3v) is 6.31. The van der Waals surface area contributed by atoms with Gasteiger partial charge in [-0.1, -0.05) is 41.7 Å². The first kappa shape index (κ1) is 18.5. The first-order chi connectivity index (χ1) is 13.6. The van der Waals surface area contributed by atoms with Crippen LogP contribution in [0.3, 0.4) is 0 Å². The number of nitrogens with one attached hydrogen (secondary N) is 1. The molecule has 3 aromatic heterocycles. The Morgan fingerprint density at radius 3 is 2.64 bits per heavy atom. The first-order valence-electron chi connectivity index (χ1n) is 8.54. The summed E-state index contributed by atoms with van der Waals surface area (Å²) in [5.41, 5.74) is 1.86. The number of ether oxygens (including phenoxy) is 1. The van der Waals surface area contributed by atoms with E-state index in [4.69, 9.17) is 4.74 Å². The van der Waals surface area contributed by atoms with Crippen molar-refractivity contribution in [1.29, 1.82) is 0 Å². The molecule has 0 saturated carbocycles. The predicted octanol–water partition coefficient (Wildman–Crippen LogP) is 4.23. The molecule has 0 aliphatic carbocycles. The number of aryl methyl sites for hydroxylation is 2. The number of esters is 1. The molecule has 0 bridgehead atoms. The molecule has 7 nitrogen and oxygen atoms in total. The number of methoxy groups -OCH3 is 1. The van der Waals surface area contributed by atoms with E-state index in [0.29, 0.717) is 23.1 Å². The van der Waals surface area contributed by atoms with Crippen LogP contribution in [0.1, 0.15) is 26.1 Å². The molecular formula is C19H17N5O2S2. The van der Waals surface area contributed by atoms with Crippen LogP contribution >= 0.6 is 22.7 Å². The smallest absolute Gasteiger partial charge is 0.348 e. The Balaban J connectivity index is 1.62. The van der Waals surface area contributed by atoms with Crippen LogP contribution in [0.25, 0.3) is 20.8 Å². The van der Waals surface area contributed by atoms with E-state index >= 15 is 0 Å². The number of fused-ring (bicyclic) bond motifs is 1. The van der Waals surface area contributed by atoms with Gasteiger partial charge >= 0.3 is 5.97 Å². The number of carbonyl (C=O) groups is 1. The number of carbonyl (C=O) groups excluding carboxylic acids is 1. The van der Waals surface area contributed by atoms with Crippen molar-refractivity contribution in [3.63, 3.8) is 0 Å². The highest BCUT2D eigenvalue weighted by Gasteiger charge is 2.20. The fraction of sp³-hybridized carbons (Fsp3) is 0.211. The van der Waals surface area contributed by atoms with Crippen molar-refractivity contribution < 1.29 is 9.53 Å². The number of hydrogen-bond acceptors (Lipinski definition) is 9. The van der Waals surface area contributed by atoms with Gasteiger partial charge in [0.15, 0.2) is 0 Å². The van der Waals surface area contributed by atoms with Gasteiger partial charge in [0.05, 0.1) is 19.0 Å². The number of rotatable bonds is 5. The van der Waals surface area contributed by atoms with Crippen LogP contribution in [0.2, 0.25) is 0 Å². The van der Waals surface area contributed by atoms with Crippen molar-refractivity contribution in [3.8, 4) is 10.6 Å². The average Bonchev–Trinajstić information content (AvgIpc) is 3.31. The molecule has 0 atom stereocenters. The van der Waals surface area contributed by atoms with Gasteiger partial charge < -0.3 is 10.1 Å². The fourth-order valence-electron chi connectivity index (χ4n) is 2.84. The Morgan fingerprint density at radius 1 is 1.11 bits per heavy atom. The number of benzene rings is 1. The Morgan fingerprint density at radius 2 is 1.89 bits per heavy atom. The Kier molecular flexibility index (Phi) is 5.01. The lowest BCUT2D eigenvalue weighted by molar-refractivity contribution is 0.0605. The molecule has 0 unspecified atom stereocenters. The van der Waals surface area contributed by atoms with E-state index in [2.05, 4.69) is 25.5 Å². The van der Waals surface area contributed by atoms with E-state index in [9.17, 15) is 4.79 Å². The van der Waals surface area contributed by atoms with E-state index in [1.165, 1.54) is 29.8 Å². The maximum atomic E-state index is 12.0. The zero-order valence-corrected chi connectivity index (χ0v) is 17.1. The van der Waals surface area contributed by atoms with E-state index in [0.717, 1.165) is 31.4 Å². The molecule has 4 rings (SSSR count). The SMILES string of the molecule is COC(=O)c1sc2nc(C)nc(NCc3nnc(-c4ccccc4)s3)c2c1C. The second-order valence-corrected chi connectivity index (χ2v) is 8.13. The summed E-state index contributed by atoms with van der Waals surface area (Å²) in [6.45, 7) is 4.20. The molecule has 28 heavy (non-hydrogen) atoms. The summed E-state index contributed by atoms with van der Waals surface area (Å²) in [4.78, 5) is 22.3. The fourth-order valence-corrected chi connectivity index (χ4v) is 4.77. The third kappa shape index (κ3) is 3.46. The van der Waals surface area contributed by atoms with Crippen LogP contribution in [-0.4, -0.2) is 33.2 Å². The minimum atomic E-state index is -0.360. The van der Waals surface area contributed by atoms with E-state index in [-0.39, 0.29) is 5.97 Å². The molecule has 142 valence electrons. The molecule has 0 saturated heterocycles.